The van der Waals surface area contributed by atoms with Crippen LogP contribution in [0.25, 0.3) is 0 Å². The molecule has 11 heavy (non-hydrogen) atoms. The van der Waals surface area contributed by atoms with Crippen molar-refractivity contribution in [3.8, 4) is 0 Å². The van der Waals surface area contributed by atoms with Gasteiger partial charge in [-0.3, -0.25) is 10.2 Å². The van der Waals surface area contributed by atoms with Crippen LogP contribution in [-0.4, -0.2) is 10.5 Å². The first kappa shape index (κ1) is 7.81. The third-order valence-corrected chi connectivity index (χ3v) is 1.51. The van der Waals surface area contributed by atoms with E-state index >= 15 is 0 Å². The molecule has 0 spiro atoms. The lowest BCUT2D eigenvalue weighted by Gasteiger charge is -1.94. The van der Waals surface area contributed by atoms with E-state index in [1.54, 1.807) is 12.3 Å². The number of hydrazine groups is 1. The van der Waals surface area contributed by atoms with E-state index in [9.17, 15) is 4.79 Å². The molecule has 0 bridgehead atoms. The summed E-state index contributed by atoms with van der Waals surface area (Å²) in [7, 11) is 0. The van der Waals surface area contributed by atoms with Crippen molar-refractivity contribution in [3.63, 3.8) is 0 Å². The largest absolute Gasteiger partial charge is 0.354 e. The van der Waals surface area contributed by atoms with Gasteiger partial charge in [-0.1, -0.05) is 0 Å². The minimum Gasteiger partial charge on any atom is -0.354 e. The molecule has 3 N–H and O–H groups in total. The standard InChI is InChI=1S/C7H11N3O/c1-2-10-4-3-6(5-10)7(11)9-8/h3-5H,2,8H2,1H3,(H,9,11). The van der Waals surface area contributed by atoms with Gasteiger partial charge in [0.15, 0.2) is 0 Å². The Morgan fingerprint density at radius 3 is 3.00 bits per heavy atom. The molecule has 60 valence electrons. The Morgan fingerprint density at radius 2 is 2.55 bits per heavy atom. The number of nitrogens with one attached hydrogen (secondary N) is 1. The highest BCUT2D eigenvalue weighted by atomic mass is 16.2. The van der Waals surface area contributed by atoms with Gasteiger partial charge in [-0.25, -0.2) is 5.84 Å². The predicted molar refractivity (Wildman–Crippen MR) is 41.8 cm³/mol. The molecular formula is C7H11N3O. The van der Waals surface area contributed by atoms with E-state index in [4.69, 9.17) is 5.84 Å². The summed E-state index contributed by atoms with van der Waals surface area (Å²) >= 11 is 0. The first-order chi connectivity index (χ1) is 5.27. The normalized spacial score (nSPS) is 9.64. The van der Waals surface area contributed by atoms with E-state index in [1.807, 2.05) is 17.7 Å². The van der Waals surface area contributed by atoms with Gasteiger partial charge in [0.05, 0.1) is 5.56 Å². The van der Waals surface area contributed by atoms with Gasteiger partial charge >= 0.3 is 0 Å². The number of nitrogens with two attached hydrogens (primary N) is 1. The van der Waals surface area contributed by atoms with Crippen LogP contribution < -0.4 is 11.3 Å². The van der Waals surface area contributed by atoms with Gasteiger partial charge in [0.25, 0.3) is 5.91 Å². The SMILES string of the molecule is CCn1ccc(C(=O)NN)c1. The van der Waals surface area contributed by atoms with Crippen molar-refractivity contribution in [2.45, 2.75) is 13.5 Å². The summed E-state index contributed by atoms with van der Waals surface area (Å²) in [4.78, 5) is 10.9. The highest BCUT2D eigenvalue weighted by Gasteiger charge is 2.03. The average molecular weight is 153 g/mol. The fraction of sp³-hybridized carbons (Fsp3) is 0.286. The molecule has 0 aliphatic heterocycles. The van der Waals surface area contributed by atoms with Crippen molar-refractivity contribution in [1.29, 1.82) is 0 Å². The lowest BCUT2D eigenvalue weighted by atomic mass is 10.3. The maximum atomic E-state index is 10.9. The minimum atomic E-state index is -0.253. The van der Waals surface area contributed by atoms with Crippen LogP contribution in [-0.2, 0) is 6.54 Å². The zero-order chi connectivity index (χ0) is 8.27. The molecule has 0 unspecified atom stereocenters. The van der Waals surface area contributed by atoms with Crippen LogP contribution in [0, 0.1) is 0 Å². The molecule has 0 saturated heterocycles. The molecule has 1 aromatic rings. The predicted octanol–water partition coefficient (Wildman–Crippen LogP) is 0.111. The van der Waals surface area contributed by atoms with Crippen LogP contribution in [0.3, 0.4) is 0 Å². The number of hydrogen-bond donors (Lipinski definition) is 2. The fourth-order valence-electron chi connectivity index (χ4n) is 0.855. The van der Waals surface area contributed by atoms with E-state index < -0.39 is 0 Å². The Bertz CT molecular complexity index is 254. The van der Waals surface area contributed by atoms with Crippen LogP contribution in [0.1, 0.15) is 17.3 Å². The van der Waals surface area contributed by atoms with Gasteiger partial charge < -0.3 is 4.57 Å². The van der Waals surface area contributed by atoms with Crippen LogP contribution in [0.15, 0.2) is 18.5 Å². The Hall–Kier alpha value is -1.29. The molecule has 0 atom stereocenters. The second-order valence-corrected chi connectivity index (χ2v) is 2.20. The summed E-state index contributed by atoms with van der Waals surface area (Å²) in [5, 5.41) is 0. The number of aryl methyl sites for hydroxylation is 1. The highest BCUT2D eigenvalue weighted by molar-refractivity contribution is 5.93. The number of hydrogen-bond acceptors (Lipinski definition) is 2. The lowest BCUT2D eigenvalue weighted by molar-refractivity contribution is 0.0953. The first-order valence-electron chi connectivity index (χ1n) is 3.44. The number of carbonyl (C=O) groups is 1. The second kappa shape index (κ2) is 3.21. The molecular weight excluding hydrogens is 142 g/mol. The Balaban J connectivity index is 2.80. The van der Waals surface area contributed by atoms with Crippen LogP contribution in [0.5, 0.6) is 0 Å². The Morgan fingerprint density at radius 1 is 1.82 bits per heavy atom. The van der Waals surface area contributed by atoms with Gasteiger partial charge in [-0.05, 0) is 13.0 Å². The molecule has 4 heteroatoms. The summed E-state index contributed by atoms with van der Waals surface area (Å²) < 4.78 is 1.91. The third-order valence-electron chi connectivity index (χ3n) is 1.51. The lowest BCUT2D eigenvalue weighted by Crippen LogP contribution is -2.29. The van der Waals surface area contributed by atoms with E-state index in [-0.39, 0.29) is 5.91 Å². The molecule has 1 rings (SSSR count). The number of nitrogen functional groups attached to an aromatic ring is 1. The van der Waals surface area contributed by atoms with E-state index in [1.165, 1.54) is 0 Å². The summed E-state index contributed by atoms with van der Waals surface area (Å²) in [6.45, 7) is 2.86. The van der Waals surface area contributed by atoms with Crippen molar-refractivity contribution < 1.29 is 4.79 Å². The number of nitrogens with zero attached hydrogens (tertiary/aromatic N) is 1. The molecule has 1 aromatic heterocycles. The van der Waals surface area contributed by atoms with Crippen molar-refractivity contribution in [3.05, 3.63) is 24.0 Å². The molecule has 0 saturated carbocycles. The molecule has 0 radical (unpaired) electrons. The molecule has 1 amide bonds. The fourth-order valence-corrected chi connectivity index (χ4v) is 0.855. The Labute approximate surface area is 65.0 Å². The van der Waals surface area contributed by atoms with Crippen molar-refractivity contribution in [1.82, 2.24) is 9.99 Å². The smallest absolute Gasteiger partial charge is 0.266 e. The third kappa shape index (κ3) is 1.59. The maximum Gasteiger partial charge on any atom is 0.266 e. The molecule has 0 aromatic carbocycles. The van der Waals surface area contributed by atoms with Gasteiger partial charge in [0, 0.05) is 18.9 Å². The van der Waals surface area contributed by atoms with Crippen LogP contribution in [0.4, 0.5) is 0 Å². The van der Waals surface area contributed by atoms with E-state index in [0.29, 0.717) is 5.56 Å². The summed E-state index contributed by atoms with van der Waals surface area (Å²) in [6, 6.07) is 1.73. The number of carbonyl (C=O) groups excluding carboxylic acids is 1. The second-order valence-electron chi connectivity index (χ2n) is 2.20. The molecule has 0 aliphatic carbocycles. The number of aromatic nitrogens is 1. The highest BCUT2D eigenvalue weighted by Crippen LogP contribution is 1.99. The van der Waals surface area contributed by atoms with E-state index in [0.717, 1.165) is 6.54 Å². The molecule has 1 heterocycles. The monoisotopic (exact) mass is 153 g/mol. The summed E-state index contributed by atoms with van der Waals surface area (Å²) in [5.41, 5.74) is 2.66. The summed E-state index contributed by atoms with van der Waals surface area (Å²) in [6.07, 6.45) is 3.59. The zero-order valence-corrected chi connectivity index (χ0v) is 6.37. The van der Waals surface area contributed by atoms with Gasteiger partial charge in [0.2, 0.25) is 0 Å². The van der Waals surface area contributed by atoms with Crippen molar-refractivity contribution in [2.24, 2.45) is 5.84 Å². The van der Waals surface area contributed by atoms with Gasteiger partial charge in [0.1, 0.15) is 0 Å². The Kier molecular flexibility index (Phi) is 2.28. The first-order valence-corrected chi connectivity index (χ1v) is 3.44. The zero-order valence-electron chi connectivity index (χ0n) is 6.37. The van der Waals surface area contributed by atoms with Crippen molar-refractivity contribution >= 4 is 5.91 Å². The summed E-state index contributed by atoms with van der Waals surface area (Å²) in [5.74, 6) is 4.69. The van der Waals surface area contributed by atoms with Gasteiger partial charge in [-0.2, -0.15) is 0 Å². The maximum absolute atomic E-state index is 10.9. The van der Waals surface area contributed by atoms with Crippen LogP contribution >= 0.6 is 0 Å². The molecule has 0 fully saturated rings. The van der Waals surface area contributed by atoms with Crippen LogP contribution in [0.2, 0.25) is 0 Å². The minimum absolute atomic E-state index is 0.253. The quantitative estimate of drug-likeness (QED) is 0.360. The van der Waals surface area contributed by atoms with Gasteiger partial charge in [-0.15, -0.1) is 0 Å². The topological polar surface area (TPSA) is 60.0 Å². The average Bonchev–Trinajstić information content (AvgIpc) is 2.50. The van der Waals surface area contributed by atoms with E-state index in [2.05, 4.69) is 5.43 Å². The van der Waals surface area contributed by atoms with Crippen molar-refractivity contribution in [2.75, 3.05) is 0 Å². The number of rotatable bonds is 2. The molecule has 0 aliphatic rings. The number of amides is 1. The molecule has 4 nitrogen and oxygen atoms in total.